The quantitative estimate of drug-likeness (QED) is 0.770. The molecule has 1 aromatic heterocycles. The minimum absolute atomic E-state index is 0.244. The number of amides is 1. The molecule has 0 spiro atoms. The molecule has 1 amide bonds. The minimum atomic E-state index is -0.244. The molecule has 4 heteroatoms. The summed E-state index contributed by atoms with van der Waals surface area (Å²) in [5, 5.41) is 1.21. The molecule has 24 heavy (non-hydrogen) atoms. The zero-order valence-corrected chi connectivity index (χ0v) is 13.7. The molecule has 1 aliphatic rings. The molecular formula is C20H20N2O2. The van der Waals surface area contributed by atoms with Crippen LogP contribution < -0.4 is 0 Å². The number of aryl methyl sites for hydroxylation is 1. The topological polar surface area (TPSA) is 45.3 Å². The van der Waals surface area contributed by atoms with Crippen LogP contribution in [0.1, 0.15) is 22.4 Å². The van der Waals surface area contributed by atoms with Crippen LogP contribution in [0.2, 0.25) is 0 Å². The monoisotopic (exact) mass is 320 g/mol. The number of ether oxygens (including phenoxy) is 1. The fourth-order valence-corrected chi connectivity index (χ4v) is 3.29. The first-order valence-corrected chi connectivity index (χ1v) is 8.26. The van der Waals surface area contributed by atoms with E-state index in [0.29, 0.717) is 19.7 Å². The number of H-pyrrole nitrogens is 1. The number of carbonyl (C=O) groups is 1. The van der Waals surface area contributed by atoms with E-state index in [9.17, 15) is 4.79 Å². The van der Waals surface area contributed by atoms with Gasteiger partial charge in [0, 0.05) is 35.1 Å². The molecule has 0 radical (unpaired) electrons. The van der Waals surface area contributed by atoms with Gasteiger partial charge in [0.05, 0.1) is 6.54 Å². The molecule has 1 N–H and O–H groups in total. The molecule has 2 heterocycles. The number of fused-ring (bicyclic) bond motifs is 3. The maximum absolute atomic E-state index is 12.4. The molecule has 122 valence electrons. The van der Waals surface area contributed by atoms with E-state index < -0.39 is 0 Å². The summed E-state index contributed by atoms with van der Waals surface area (Å²) >= 11 is 0. The highest BCUT2D eigenvalue weighted by Crippen LogP contribution is 2.28. The van der Waals surface area contributed by atoms with Gasteiger partial charge in [0.15, 0.2) is 0 Å². The number of benzene rings is 2. The van der Waals surface area contributed by atoms with Crippen LogP contribution in [0.4, 0.5) is 4.79 Å². The molecule has 2 aromatic carbocycles. The highest BCUT2D eigenvalue weighted by atomic mass is 16.6. The zero-order valence-electron chi connectivity index (χ0n) is 13.7. The Balaban J connectivity index is 1.50. The standard InChI is InChI=1S/C20H20N2O2/c1-14-7-8-18-16(11-14)17-12-22(10-9-19(17)21-18)20(23)24-13-15-5-3-2-4-6-15/h2-8,11,21H,9-10,12-13H2,1H3. The zero-order chi connectivity index (χ0) is 16.5. The maximum atomic E-state index is 12.4. The molecular weight excluding hydrogens is 300 g/mol. The lowest BCUT2D eigenvalue weighted by Crippen LogP contribution is -2.36. The second-order valence-corrected chi connectivity index (χ2v) is 6.34. The Morgan fingerprint density at radius 1 is 1.21 bits per heavy atom. The molecule has 4 rings (SSSR count). The van der Waals surface area contributed by atoms with Gasteiger partial charge in [0.1, 0.15) is 6.61 Å². The fraction of sp³-hybridized carbons (Fsp3) is 0.250. The summed E-state index contributed by atoms with van der Waals surface area (Å²) in [5.41, 5.74) is 5.84. The lowest BCUT2D eigenvalue weighted by Gasteiger charge is -2.26. The summed E-state index contributed by atoms with van der Waals surface area (Å²) in [6, 6.07) is 16.2. The van der Waals surface area contributed by atoms with Gasteiger partial charge in [0.2, 0.25) is 0 Å². The Kier molecular flexibility index (Phi) is 3.73. The van der Waals surface area contributed by atoms with E-state index >= 15 is 0 Å². The second kappa shape index (κ2) is 6.04. The number of rotatable bonds is 2. The van der Waals surface area contributed by atoms with Crippen LogP contribution in [0.5, 0.6) is 0 Å². The molecule has 0 unspecified atom stereocenters. The van der Waals surface area contributed by atoms with Crippen LogP contribution in [0, 0.1) is 6.92 Å². The molecule has 0 saturated heterocycles. The average molecular weight is 320 g/mol. The SMILES string of the molecule is Cc1ccc2[nH]c3c(c2c1)CN(C(=O)OCc1ccccc1)CC3. The predicted molar refractivity (Wildman–Crippen MR) is 93.8 cm³/mol. The van der Waals surface area contributed by atoms with E-state index in [1.807, 2.05) is 30.3 Å². The van der Waals surface area contributed by atoms with Crippen molar-refractivity contribution in [2.24, 2.45) is 0 Å². The van der Waals surface area contributed by atoms with E-state index in [2.05, 4.69) is 30.1 Å². The van der Waals surface area contributed by atoms with Gasteiger partial charge in [-0.25, -0.2) is 4.79 Å². The summed E-state index contributed by atoms with van der Waals surface area (Å²) in [6.45, 7) is 3.70. The van der Waals surface area contributed by atoms with Crippen molar-refractivity contribution < 1.29 is 9.53 Å². The Morgan fingerprint density at radius 2 is 2.04 bits per heavy atom. The molecule has 0 bridgehead atoms. The van der Waals surface area contributed by atoms with Crippen molar-refractivity contribution >= 4 is 17.0 Å². The van der Waals surface area contributed by atoms with Crippen molar-refractivity contribution in [3.63, 3.8) is 0 Å². The molecule has 0 saturated carbocycles. The van der Waals surface area contributed by atoms with Crippen LogP contribution in [-0.4, -0.2) is 22.5 Å². The molecule has 3 aromatic rings. The van der Waals surface area contributed by atoms with E-state index in [-0.39, 0.29) is 6.09 Å². The van der Waals surface area contributed by atoms with E-state index in [1.54, 1.807) is 4.90 Å². The number of nitrogens with one attached hydrogen (secondary N) is 1. The predicted octanol–water partition coefficient (Wildman–Crippen LogP) is 4.17. The number of hydrogen-bond acceptors (Lipinski definition) is 2. The number of nitrogens with zero attached hydrogens (tertiary/aromatic N) is 1. The summed E-state index contributed by atoms with van der Waals surface area (Å²) in [6.07, 6.45) is 0.593. The molecule has 1 aliphatic heterocycles. The highest BCUT2D eigenvalue weighted by Gasteiger charge is 2.24. The Labute approximate surface area is 141 Å². The third-order valence-electron chi connectivity index (χ3n) is 4.59. The maximum Gasteiger partial charge on any atom is 0.410 e. The van der Waals surface area contributed by atoms with Crippen LogP contribution >= 0.6 is 0 Å². The van der Waals surface area contributed by atoms with Crippen molar-refractivity contribution in [1.29, 1.82) is 0 Å². The van der Waals surface area contributed by atoms with Gasteiger partial charge in [-0.15, -0.1) is 0 Å². The lowest BCUT2D eigenvalue weighted by atomic mass is 10.0. The Bertz CT molecular complexity index is 883. The number of hydrogen-bond donors (Lipinski definition) is 1. The smallest absolute Gasteiger partial charge is 0.410 e. The summed E-state index contributed by atoms with van der Waals surface area (Å²) < 4.78 is 5.47. The first-order chi connectivity index (χ1) is 11.7. The number of aromatic nitrogens is 1. The van der Waals surface area contributed by atoms with Gasteiger partial charge in [0.25, 0.3) is 0 Å². The Morgan fingerprint density at radius 3 is 2.88 bits per heavy atom. The summed E-state index contributed by atoms with van der Waals surface area (Å²) in [4.78, 5) is 17.7. The first-order valence-electron chi connectivity index (χ1n) is 8.26. The van der Waals surface area contributed by atoms with E-state index in [0.717, 1.165) is 17.5 Å². The molecule has 0 fully saturated rings. The normalized spacial score (nSPS) is 13.8. The van der Waals surface area contributed by atoms with Gasteiger partial charge in [-0.3, -0.25) is 0 Å². The van der Waals surface area contributed by atoms with Crippen molar-refractivity contribution in [2.75, 3.05) is 6.54 Å². The third kappa shape index (κ3) is 2.75. The largest absolute Gasteiger partial charge is 0.445 e. The van der Waals surface area contributed by atoms with Crippen molar-refractivity contribution in [2.45, 2.75) is 26.5 Å². The van der Waals surface area contributed by atoms with Crippen molar-refractivity contribution in [3.05, 3.63) is 70.9 Å². The van der Waals surface area contributed by atoms with Gasteiger partial charge >= 0.3 is 6.09 Å². The fourth-order valence-electron chi connectivity index (χ4n) is 3.29. The lowest BCUT2D eigenvalue weighted by molar-refractivity contribution is 0.0919. The first kappa shape index (κ1) is 14.8. The van der Waals surface area contributed by atoms with Crippen LogP contribution in [-0.2, 0) is 24.3 Å². The summed E-state index contributed by atoms with van der Waals surface area (Å²) in [7, 11) is 0. The van der Waals surface area contributed by atoms with E-state index in [4.69, 9.17) is 4.74 Å². The number of aromatic amines is 1. The average Bonchev–Trinajstić information content (AvgIpc) is 2.97. The van der Waals surface area contributed by atoms with Crippen LogP contribution in [0.15, 0.2) is 48.5 Å². The molecule has 0 atom stereocenters. The van der Waals surface area contributed by atoms with Gasteiger partial charge in [-0.05, 0) is 24.6 Å². The van der Waals surface area contributed by atoms with Crippen molar-refractivity contribution in [1.82, 2.24) is 9.88 Å². The summed E-state index contributed by atoms with van der Waals surface area (Å²) in [5.74, 6) is 0. The van der Waals surface area contributed by atoms with Gasteiger partial charge < -0.3 is 14.6 Å². The van der Waals surface area contributed by atoms with Gasteiger partial charge in [-0.2, -0.15) is 0 Å². The van der Waals surface area contributed by atoms with Crippen LogP contribution in [0.3, 0.4) is 0 Å². The van der Waals surface area contributed by atoms with Crippen molar-refractivity contribution in [3.8, 4) is 0 Å². The molecule has 4 nitrogen and oxygen atoms in total. The minimum Gasteiger partial charge on any atom is -0.445 e. The molecule has 0 aliphatic carbocycles. The third-order valence-corrected chi connectivity index (χ3v) is 4.59. The van der Waals surface area contributed by atoms with E-state index in [1.165, 1.54) is 22.2 Å². The second-order valence-electron chi connectivity index (χ2n) is 6.34. The van der Waals surface area contributed by atoms with Gasteiger partial charge in [-0.1, -0.05) is 42.0 Å². The highest BCUT2D eigenvalue weighted by molar-refractivity contribution is 5.86. The Hall–Kier alpha value is -2.75. The van der Waals surface area contributed by atoms with Crippen LogP contribution in [0.25, 0.3) is 10.9 Å². The number of carbonyl (C=O) groups excluding carboxylic acids is 1.